The van der Waals surface area contributed by atoms with Gasteiger partial charge in [-0.25, -0.2) is 0 Å². The predicted octanol–water partition coefficient (Wildman–Crippen LogP) is 2.63. The van der Waals surface area contributed by atoms with Crippen LogP contribution in [0.4, 0.5) is 0 Å². The van der Waals surface area contributed by atoms with E-state index in [1.54, 1.807) is 23.5 Å². The Bertz CT molecular complexity index is 605. The molecule has 0 spiro atoms. The number of nitrogens with one attached hydrogen (secondary N) is 1. The van der Waals surface area contributed by atoms with E-state index in [1.165, 1.54) is 10.4 Å². The molecule has 1 aromatic rings. The van der Waals surface area contributed by atoms with Gasteiger partial charge in [0, 0.05) is 16.3 Å². The highest BCUT2D eigenvalue weighted by Crippen LogP contribution is 2.33. The van der Waals surface area contributed by atoms with Gasteiger partial charge in [-0.2, -0.15) is 0 Å². The van der Waals surface area contributed by atoms with E-state index >= 15 is 0 Å². The number of thiophene rings is 1. The average molecular weight is 305 g/mol. The number of carbonyl (C=O) groups excluding carboxylic acids is 1. The number of carbonyl (C=O) groups is 2. The van der Waals surface area contributed by atoms with Crippen molar-refractivity contribution in [3.63, 3.8) is 0 Å². The summed E-state index contributed by atoms with van der Waals surface area (Å²) in [4.78, 5) is 24.7. The number of carboxylic acids is 1. The lowest BCUT2D eigenvalue weighted by molar-refractivity contribution is -0.140. The maximum absolute atomic E-state index is 12.4. The fourth-order valence-corrected chi connectivity index (χ4v) is 4.35. The Morgan fingerprint density at radius 3 is 2.90 bits per heavy atom. The van der Waals surface area contributed by atoms with Gasteiger partial charge in [0.25, 0.3) is 5.91 Å². The lowest BCUT2D eigenvalue weighted by Gasteiger charge is -2.19. The van der Waals surface area contributed by atoms with Gasteiger partial charge in [-0.15, -0.1) is 11.3 Å². The summed E-state index contributed by atoms with van der Waals surface area (Å²) in [6.07, 6.45) is 7.08. The van der Waals surface area contributed by atoms with Crippen molar-refractivity contribution in [2.45, 2.75) is 38.6 Å². The first-order chi connectivity index (χ1) is 10.0. The van der Waals surface area contributed by atoms with Crippen LogP contribution in [-0.4, -0.2) is 23.0 Å². The molecule has 2 aliphatic carbocycles. The molecule has 2 N–H and O–H groups in total. The lowest BCUT2D eigenvalue weighted by Crippen LogP contribution is -2.33. The van der Waals surface area contributed by atoms with Crippen molar-refractivity contribution in [1.29, 1.82) is 0 Å². The van der Waals surface area contributed by atoms with Crippen molar-refractivity contribution < 1.29 is 14.7 Å². The van der Waals surface area contributed by atoms with Crippen molar-refractivity contribution in [2.24, 2.45) is 11.8 Å². The molecule has 3 unspecified atom stereocenters. The van der Waals surface area contributed by atoms with Crippen LogP contribution in [0.3, 0.4) is 0 Å². The highest BCUT2D eigenvalue weighted by atomic mass is 32.1. The van der Waals surface area contributed by atoms with E-state index in [0.29, 0.717) is 12.3 Å². The Morgan fingerprint density at radius 1 is 1.38 bits per heavy atom. The SMILES string of the molecule is CC1CCc2c(C(=O)NC3C=CC(C(=O)O)C3)csc2C1. The molecular weight excluding hydrogens is 286 g/mol. The monoisotopic (exact) mass is 305 g/mol. The first kappa shape index (κ1) is 14.3. The average Bonchev–Trinajstić information content (AvgIpc) is 3.04. The summed E-state index contributed by atoms with van der Waals surface area (Å²) in [7, 11) is 0. The van der Waals surface area contributed by atoms with Crippen molar-refractivity contribution in [3.8, 4) is 0 Å². The highest BCUT2D eigenvalue weighted by Gasteiger charge is 2.28. The number of hydrogen-bond acceptors (Lipinski definition) is 3. The first-order valence-corrected chi connectivity index (χ1v) is 8.23. The fourth-order valence-electron chi connectivity index (χ4n) is 3.10. The van der Waals surface area contributed by atoms with E-state index < -0.39 is 11.9 Å². The van der Waals surface area contributed by atoms with Gasteiger partial charge in [0.2, 0.25) is 0 Å². The topological polar surface area (TPSA) is 66.4 Å². The van der Waals surface area contributed by atoms with Crippen LogP contribution in [-0.2, 0) is 17.6 Å². The third kappa shape index (κ3) is 2.88. The van der Waals surface area contributed by atoms with E-state index in [0.717, 1.165) is 24.8 Å². The van der Waals surface area contributed by atoms with Gasteiger partial charge in [0.05, 0.1) is 11.5 Å². The van der Waals surface area contributed by atoms with E-state index in [2.05, 4.69) is 12.2 Å². The van der Waals surface area contributed by atoms with Gasteiger partial charge in [0.15, 0.2) is 0 Å². The third-order valence-corrected chi connectivity index (χ3v) is 5.41. The summed E-state index contributed by atoms with van der Waals surface area (Å²) in [6.45, 7) is 2.25. The molecule has 2 aliphatic rings. The van der Waals surface area contributed by atoms with Gasteiger partial charge >= 0.3 is 5.97 Å². The van der Waals surface area contributed by atoms with Crippen LogP contribution >= 0.6 is 11.3 Å². The second-order valence-electron chi connectivity index (χ2n) is 6.04. The van der Waals surface area contributed by atoms with Gasteiger partial charge in [-0.1, -0.05) is 19.1 Å². The number of rotatable bonds is 3. The second-order valence-corrected chi connectivity index (χ2v) is 7.01. The number of aliphatic carboxylic acids is 1. The number of fused-ring (bicyclic) bond motifs is 1. The molecule has 0 radical (unpaired) electrons. The summed E-state index contributed by atoms with van der Waals surface area (Å²) in [5.41, 5.74) is 1.99. The molecule has 3 atom stereocenters. The van der Waals surface area contributed by atoms with Gasteiger partial charge in [-0.05, 0) is 37.2 Å². The molecule has 0 aliphatic heterocycles. The molecular formula is C16H19NO3S. The van der Waals surface area contributed by atoms with E-state index in [4.69, 9.17) is 5.11 Å². The summed E-state index contributed by atoms with van der Waals surface area (Å²) >= 11 is 1.67. The molecule has 0 bridgehead atoms. The normalized spacial score (nSPS) is 27.4. The van der Waals surface area contributed by atoms with E-state index in [9.17, 15) is 9.59 Å². The van der Waals surface area contributed by atoms with Gasteiger partial charge in [0.1, 0.15) is 0 Å². The maximum atomic E-state index is 12.4. The van der Waals surface area contributed by atoms with E-state index in [1.807, 2.05) is 5.38 Å². The Hall–Kier alpha value is -1.62. The zero-order valence-corrected chi connectivity index (χ0v) is 12.8. The van der Waals surface area contributed by atoms with Gasteiger partial charge in [-0.3, -0.25) is 9.59 Å². The van der Waals surface area contributed by atoms with E-state index in [-0.39, 0.29) is 11.9 Å². The van der Waals surface area contributed by atoms with Crippen LogP contribution < -0.4 is 5.32 Å². The van der Waals surface area contributed by atoms with Crippen LogP contribution in [0, 0.1) is 11.8 Å². The minimum Gasteiger partial charge on any atom is -0.481 e. The Morgan fingerprint density at radius 2 is 2.19 bits per heavy atom. The maximum Gasteiger partial charge on any atom is 0.310 e. The highest BCUT2D eigenvalue weighted by molar-refractivity contribution is 7.10. The van der Waals surface area contributed by atoms with Crippen molar-refractivity contribution in [1.82, 2.24) is 5.32 Å². The van der Waals surface area contributed by atoms with Crippen LogP contribution in [0.15, 0.2) is 17.5 Å². The zero-order chi connectivity index (χ0) is 15.0. The first-order valence-electron chi connectivity index (χ1n) is 7.36. The predicted molar refractivity (Wildman–Crippen MR) is 81.6 cm³/mol. The molecule has 1 heterocycles. The molecule has 112 valence electrons. The number of amides is 1. The Kier molecular flexibility index (Phi) is 3.85. The van der Waals surface area contributed by atoms with Crippen molar-refractivity contribution in [3.05, 3.63) is 33.5 Å². The summed E-state index contributed by atoms with van der Waals surface area (Å²) in [6, 6.07) is -0.170. The largest absolute Gasteiger partial charge is 0.481 e. The lowest BCUT2D eigenvalue weighted by atomic mass is 9.88. The Labute approximate surface area is 127 Å². The molecule has 1 amide bonds. The second kappa shape index (κ2) is 5.64. The molecule has 21 heavy (non-hydrogen) atoms. The van der Waals surface area contributed by atoms with Crippen LogP contribution in [0.5, 0.6) is 0 Å². The van der Waals surface area contributed by atoms with Crippen molar-refractivity contribution >= 4 is 23.2 Å². The summed E-state index contributed by atoms with van der Waals surface area (Å²) < 4.78 is 0. The molecule has 0 aromatic carbocycles. The molecule has 4 nitrogen and oxygen atoms in total. The zero-order valence-electron chi connectivity index (χ0n) is 12.0. The quantitative estimate of drug-likeness (QED) is 0.844. The summed E-state index contributed by atoms with van der Waals surface area (Å²) in [5.74, 6) is -0.679. The smallest absolute Gasteiger partial charge is 0.310 e. The Balaban J connectivity index is 1.67. The molecule has 0 saturated carbocycles. The third-order valence-electron chi connectivity index (χ3n) is 4.36. The standard InChI is InChI=1S/C16H19NO3S/c1-9-2-5-12-13(8-21-14(12)6-9)15(18)17-11-4-3-10(7-11)16(19)20/h3-4,8-11H,2,5-7H2,1H3,(H,17,18)(H,19,20). The molecule has 3 rings (SSSR count). The molecule has 5 heteroatoms. The van der Waals surface area contributed by atoms with Crippen LogP contribution in [0.1, 0.15) is 40.6 Å². The fraction of sp³-hybridized carbons (Fsp3) is 0.500. The van der Waals surface area contributed by atoms with Crippen molar-refractivity contribution in [2.75, 3.05) is 0 Å². The van der Waals surface area contributed by atoms with Gasteiger partial charge < -0.3 is 10.4 Å². The minimum atomic E-state index is -0.829. The number of hydrogen-bond donors (Lipinski definition) is 2. The van der Waals surface area contributed by atoms with Crippen LogP contribution in [0.2, 0.25) is 0 Å². The minimum absolute atomic E-state index is 0.0669. The number of carboxylic acid groups (broad SMARTS) is 1. The van der Waals surface area contributed by atoms with Crippen LogP contribution in [0.25, 0.3) is 0 Å². The molecule has 0 fully saturated rings. The molecule has 1 aromatic heterocycles. The molecule has 0 saturated heterocycles. The summed E-state index contributed by atoms with van der Waals surface area (Å²) in [5, 5.41) is 13.9.